The van der Waals surface area contributed by atoms with Crippen LogP contribution in [-0.2, 0) is 4.79 Å². The van der Waals surface area contributed by atoms with E-state index in [0.29, 0.717) is 60.7 Å². The molecule has 5 rings (SSSR count). The maximum absolute atomic E-state index is 13.6. The molecule has 0 atom stereocenters. The van der Waals surface area contributed by atoms with Crippen LogP contribution in [-0.4, -0.2) is 69.4 Å². The topological polar surface area (TPSA) is 143 Å². The van der Waals surface area contributed by atoms with Gasteiger partial charge in [0.25, 0.3) is 5.91 Å². The number of carbonyl (C=O) groups is 2. The third-order valence-corrected chi connectivity index (χ3v) is 7.31. The molecule has 190 valence electrons. The van der Waals surface area contributed by atoms with Crippen molar-refractivity contribution in [3.8, 4) is 11.6 Å². The molecule has 11 nitrogen and oxygen atoms in total. The molecule has 0 bridgehead atoms. The van der Waals surface area contributed by atoms with E-state index in [1.54, 1.807) is 41.6 Å². The van der Waals surface area contributed by atoms with Gasteiger partial charge >= 0.3 is 0 Å². The molecule has 2 fully saturated rings. The summed E-state index contributed by atoms with van der Waals surface area (Å²) >= 11 is 0. The van der Waals surface area contributed by atoms with Crippen LogP contribution in [0.4, 0.5) is 5.69 Å². The van der Waals surface area contributed by atoms with Crippen molar-refractivity contribution in [3.05, 3.63) is 66.5 Å². The van der Waals surface area contributed by atoms with E-state index in [1.165, 1.54) is 23.4 Å². The first-order chi connectivity index (χ1) is 18.0. The number of hydrogen-bond acceptors (Lipinski definition) is 8. The summed E-state index contributed by atoms with van der Waals surface area (Å²) in [6.45, 7) is 1.62. The SMILES string of the molecule is COc1cc(N2CCC3(CCN(C(=O)c4ccc(-n5cncn5)nc4)CC3)C2=O)ccc1/C(C=N)=C/N. The predicted molar refractivity (Wildman–Crippen MR) is 138 cm³/mol. The van der Waals surface area contributed by atoms with Crippen LogP contribution in [0.25, 0.3) is 11.4 Å². The number of ether oxygens (including phenoxy) is 1. The van der Waals surface area contributed by atoms with Crippen molar-refractivity contribution in [1.29, 1.82) is 5.41 Å². The molecule has 0 saturated carbocycles. The van der Waals surface area contributed by atoms with Crippen molar-refractivity contribution in [2.24, 2.45) is 11.1 Å². The summed E-state index contributed by atoms with van der Waals surface area (Å²) in [6.07, 6.45) is 9.01. The number of anilines is 1. The van der Waals surface area contributed by atoms with Crippen LogP contribution in [0.1, 0.15) is 35.2 Å². The minimum absolute atomic E-state index is 0.0786. The second kappa shape index (κ2) is 9.84. The average Bonchev–Trinajstić information content (AvgIpc) is 3.59. The smallest absolute Gasteiger partial charge is 0.255 e. The molecule has 2 aromatic heterocycles. The van der Waals surface area contributed by atoms with Gasteiger partial charge in [-0.1, -0.05) is 0 Å². The molecule has 2 amide bonds. The molecule has 1 spiro atoms. The van der Waals surface area contributed by atoms with Gasteiger partial charge in [-0.2, -0.15) is 5.10 Å². The minimum Gasteiger partial charge on any atom is -0.496 e. The molecule has 1 aromatic carbocycles. The number of benzene rings is 1. The van der Waals surface area contributed by atoms with Gasteiger partial charge in [-0.15, -0.1) is 0 Å². The van der Waals surface area contributed by atoms with Crippen molar-refractivity contribution in [1.82, 2.24) is 24.6 Å². The Morgan fingerprint density at radius 1 is 1.16 bits per heavy atom. The zero-order chi connectivity index (χ0) is 26.0. The molecule has 3 aromatic rings. The largest absolute Gasteiger partial charge is 0.496 e. The number of aromatic nitrogens is 4. The van der Waals surface area contributed by atoms with E-state index in [-0.39, 0.29) is 11.8 Å². The molecule has 37 heavy (non-hydrogen) atoms. The van der Waals surface area contributed by atoms with Gasteiger partial charge in [0.2, 0.25) is 5.91 Å². The van der Waals surface area contributed by atoms with E-state index in [1.807, 2.05) is 18.2 Å². The highest BCUT2D eigenvalue weighted by Gasteiger charge is 2.49. The highest BCUT2D eigenvalue weighted by molar-refractivity contribution is 6.09. The van der Waals surface area contributed by atoms with Gasteiger partial charge in [0.05, 0.1) is 18.1 Å². The Kier molecular flexibility index (Phi) is 6.43. The minimum atomic E-state index is -0.477. The number of rotatable bonds is 6. The van der Waals surface area contributed by atoms with Crippen LogP contribution in [0.5, 0.6) is 5.75 Å². The Morgan fingerprint density at radius 3 is 2.57 bits per heavy atom. The Hall–Kier alpha value is -4.54. The molecule has 0 unspecified atom stereocenters. The van der Waals surface area contributed by atoms with E-state index in [0.717, 1.165) is 12.1 Å². The molecule has 2 aliphatic rings. The second-order valence-corrected chi connectivity index (χ2v) is 9.18. The highest BCUT2D eigenvalue weighted by Crippen LogP contribution is 2.44. The van der Waals surface area contributed by atoms with Gasteiger partial charge in [0, 0.05) is 61.1 Å². The summed E-state index contributed by atoms with van der Waals surface area (Å²) in [6, 6.07) is 8.96. The van der Waals surface area contributed by atoms with E-state index in [2.05, 4.69) is 15.1 Å². The fourth-order valence-electron chi connectivity index (χ4n) is 5.13. The first-order valence-electron chi connectivity index (χ1n) is 12.0. The Morgan fingerprint density at radius 2 is 1.95 bits per heavy atom. The summed E-state index contributed by atoms with van der Waals surface area (Å²) in [7, 11) is 1.55. The Bertz CT molecular complexity index is 1340. The summed E-state index contributed by atoms with van der Waals surface area (Å²) in [4.78, 5) is 38.5. The number of likely N-dealkylation sites (tertiary alicyclic amines) is 1. The van der Waals surface area contributed by atoms with Crippen molar-refractivity contribution in [2.45, 2.75) is 19.3 Å². The number of nitrogens with two attached hydrogens (primary N) is 1. The summed E-state index contributed by atoms with van der Waals surface area (Å²) in [5, 5.41) is 11.6. The highest BCUT2D eigenvalue weighted by atomic mass is 16.5. The lowest BCUT2D eigenvalue weighted by molar-refractivity contribution is -0.127. The Labute approximate surface area is 214 Å². The van der Waals surface area contributed by atoms with Crippen molar-refractivity contribution in [3.63, 3.8) is 0 Å². The predicted octanol–water partition coefficient (Wildman–Crippen LogP) is 2.28. The molecule has 11 heteroatoms. The van der Waals surface area contributed by atoms with E-state index in [4.69, 9.17) is 15.9 Å². The maximum Gasteiger partial charge on any atom is 0.255 e. The molecule has 0 radical (unpaired) electrons. The van der Waals surface area contributed by atoms with Crippen molar-refractivity contribution in [2.75, 3.05) is 31.6 Å². The fraction of sp³-hybridized carbons (Fsp3) is 0.308. The number of carbonyl (C=O) groups excluding carboxylic acids is 2. The van der Waals surface area contributed by atoms with Crippen molar-refractivity contribution >= 4 is 29.3 Å². The van der Waals surface area contributed by atoms with Gasteiger partial charge in [0.15, 0.2) is 5.82 Å². The molecule has 3 N–H and O–H groups in total. The van der Waals surface area contributed by atoms with Crippen LogP contribution < -0.4 is 15.4 Å². The van der Waals surface area contributed by atoms with Gasteiger partial charge in [-0.25, -0.2) is 14.6 Å². The van der Waals surface area contributed by atoms with E-state index < -0.39 is 5.41 Å². The van der Waals surface area contributed by atoms with E-state index >= 15 is 0 Å². The Balaban J connectivity index is 1.26. The van der Waals surface area contributed by atoms with Gasteiger partial charge in [0.1, 0.15) is 18.4 Å². The summed E-state index contributed by atoms with van der Waals surface area (Å²) < 4.78 is 7.05. The monoisotopic (exact) mass is 500 g/mol. The van der Waals surface area contributed by atoms with Crippen LogP contribution in [0, 0.1) is 10.8 Å². The third kappa shape index (κ3) is 4.32. The van der Waals surface area contributed by atoms with E-state index in [9.17, 15) is 9.59 Å². The van der Waals surface area contributed by atoms with Gasteiger partial charge < -0.3 is 25.7 Å². The quantitative estimate of drug-likeness (QED) is 0.494. The number of nitrogens with one attached hydrogen (secondary N) is 1. The number of pyridine rings is 1. The second-order valence-electron chi connectivity index (χ2n) is 9.18. The van der Waals surface area contributed by atoms with Gasteiger partial charge in [-0.3, -0.25) is 9.59 Å². The summed E-state index contributed by atoms with van der Waals surface area (Å²) in [5.41, 5.74) is 7.65. The number of amides is 2. The first-order valence-corrected chi connectivity index (χ1v) is 12.0. The molecule has 4 heterocycles. The average molecular weight is 501 g/mol. The lowest BCUT2D eigenvalue weighted by atomic mass is 9.77. The molecule has 2 saturated heterocycles. The molecule has 0 aliphatic carbocycles. The van der Waals surface area contributed by atoms with Crippen LogP contribution in [0.15, 0.2) is 55.4 Å². The van der Waals surface area contributed by atoms with Gasteiger partial charge in [-0.05, 0) is 43.5 Å². The van der Waals surface area contributed by atoms with Crippen LogP contribution in [0.2, 0.25) is 0 Å². The van der Waals surface area contributed by atoms with Crippen LogP contribution in [0.3, 0.4) is 0 Å². The normalized spacial score (nSPS) is 17.3. The zero-order valence-electron chi connectivity index (χ0n) is 20.5. The number of piperidine rings is 1. The number of hydrogen-bond donors (Lipinski definition) is 2. The summed E-state index contributed by atoms with van der Waals surface area (Å²) in [5.74, 6) is 1.12. The lowest BCUT2D eigenvalue weighted by Crippen LogP contribution is -2.46. The third-order valence-electron chi connectivity index (χ3n) is 7.31. The zero-order valence-corrected chi connectivity index (χ0v) is 20.5. The number of allylic oxidation sites excluding steroid dienone is 1. The molecule has 2 aliphatic heterocycles. The lowest BCUT2D eigenvalue weighted by Gasteiger charge is -2.38. The fourth-order valence-corrected chi connectivity index (χ4v) is 5.13. The first kappa shape index (κ1) is 24.2. The van der Waals surface area contributed by atoms with Crippen LogP contribution >= 0.6 is 0 Å². The maximum atomic E-state index is 13.6. The number of methoxy groups -OCH3 is 1. The molecular formula is C26H28N8O3. The van der Waals surface area contributed by atoms with Crippen molar-refractivity contribution < 1.29 is 14.3 Å². The standard InChI is InChI=1S/C26H28N8O3/c1-37-22-12-20(3-4-21(22)19(13-27)14-28)33-11-8-26(25(33)36)6-9-32(10-7-26)24(35)18-2-5-23(30-15-18)34-17-29-16-31-34/h2-5,12-17,27H,6-11,28H2,1H3/b19-14+,27-13?. The molecular weight excluding hydrogens is 472 g/mol. The number of nitrogens with zero attached hydrogens (tertiary/aromatic N) is 6.